The third kappa shape index (κ3) is 5.25. The molecule has 2 aromatic carbocycles. The van der Waals surface area contributed by atoms with Crippen molar-refractivity contribution in [1.82, 2.24) is 14.9 Å². The summed E-state index contributed by atoms with van der Waals surface area (Å²) in [5.74, 6) is 0.827. The van der Waals surface area contributed by atoms with Gasteiger partial charge in [0.05, 0.1) is 7.11 Å². The molecule has 6 nitrogen and oxygen atoms in total. The van der Waals surface area contributed by atoms with Crippen LogP contribution in [0.5, 0.6) is 5.75 Å². The van der Waals surface area contributed by atoms with Crippen molar-refractivity contribution in [1.29, 1.82) is 0 Å². The highest BCUT2D eigenvalue weighted by molar-refractivity contribution is 5.59. The number of rotatable bonds is 7. The monoisotopic (exact) mass is 469 g/mol. The minimum absolute atomic E-state index is 0.0495. The van der Waals surface area contributed by atoms with Crippen molar-refractivity contribution in [3.8, 4) is 5.75 Å². The smallest absolute Gasteiger partial charge is 0.421 e. The van der Waals surface area contributed by atoms with Crippen molar-refractivity contribution in [3.63, 3.8) is 0 Å². The van der Waals surface area contributed by atoms with E-state index >= 15 is 0 Å². The van der Waals surface area contributed by atoms with Gasteiger partial charge in [-0.25, -0.2) is 4.98 Å². The first-order chi connectivity index (χ1) is 16.4. The summed E-state index contributed by atoms with van der Waals surface area (Å²) in [5, 5.41) is 5.95. The van der Waals surface area contributed by atoms with Gasteiger partial charge in [0, 0.05) is 37.6 Å². The van der Waals surface area contributed by atoms with E-state index in [-0.39, 0.29) is 17.8 Å². The van der Waals surface area contributed by atoms with Crippen LogP contribution in [0.15, 0.2) is 48.7 Å². The Morgan fingerprint density at radius 3 is 2.59 bits per heavy atom. The van der Waals surface area contributed by atoms with Crippen LogP contribution in [0.2, 0.25) is 0 Å². The first-order valence-corrected chi connectivity index (χ1v) is 11.3. The van der Waals surface area contributed by atoms with E-state index in [9.17, 15) is 13.2 Å². The summed E-state index contributed by atoms with van der Waals surface area (Å²) in [7, 11) is 1.66. The minimum Gasteiger partial charge on any atom is -0.497 e. The van der Waals surface area contributed by atoms with Crippen molar-refractivity contribution in [3.05, 3.63) is 70.9 Å². The zero-order valence-corrected chi connectivity index (χ0v) is 18.8. The lowest BCUT2D eigenvalue weighted by atomic mass is 9.98. The Balaban J connectivity index is 1.27. The Bertz CT molecular complexity index is 1160. The number of anilines is 3. The molecule has 3 aromatic rings. The predicted octanol–water partition coefficient (Wildman–Crippen LogP) is 5.38. The molecule has 0 amide bonds. The van der Waals surface area contributed by atoms with E-state index in [4.69, 9.17) is 4.74 Å². The molecule has 2 heterocycles. The fourth-order valence-electron chi connectivity index (χ4n) is 4.12. The number of hydrogen-bond acceptors (Lipinski definition) is 6. The van der Waals surface area contributed by atoms with Crippen molar-refractivity contribution in [2.24, 2.45) is 0 Å². The standard InChI is InChI=1S/C25H26F3N5O/c1-34-21-8-2-16(3-9-21)14-33-11-10-17-12-20(5-4-18(17)15-33)31-24-29-13-22(25(26,27)28)23(32-24)30-19-6-7-19/h2-5,8-9,12-13,19H,6-7,10-11,14-15H2,1H3,(H2,29,30,31,32). The highest BCUT2D eigenvalue weighted by Gasteiger charge is 2.37. The molecule has 9 heteroatoms. The third-order valence-electron chi connectivity index (χ3n) is 6.13. The number of nitrogens with zero attached hydrogens (tertiary/aromatic N) is 3. The summed E-state index contributed by atoms with van der Waals surface area (Å²) in [6.45, 7) is 2.63. The molecule has 1 saturated carbocycles. The molecule has 0 saturated heterocycles. The second-order valence-electron chi connectivity index (χ2n) is 8.79. The second-order valence-corrected chi connectivity index (χ2v) is 8.79. The number of nitrogens with one attached hydrogen (secondary N) is 2. The molecule has 0 spiro atoms. The molecule has 1 aliphatic carbocycles. The van der Waals surface area contributed by atoms with Crippen molar-refractivity contribution in [2.45, 2.75) is 44.6 Å². The summed E-state index contributed by atoms with van der Waals surface area (Å²) in [5.41, 5.74) is 3.62. The maximum absolute atomic E-state index is 13.3. The zero-order valence-electron chi connectivity index (χ0n) is 18.8. The van der Waals surface area contributed by atoms with Gasteiger partial charge in [-0.05, 0) is 60.2 Å². The number of benzene rings is 2. The molecule has 2 aliphatic rings. The van der Waals surface area contributed by atoms with Gasteiger partial charge in [0.25, 0.3) is 0 Å². The highest BCUT2D eigenvalue weighted by atomic mass is 19.4. The summed E-state index contributed by atoms with van der Waals surface area (Å²) in [6, 6.07) is 14.2. The van der Waals surface area contributed by atoms with E-state index in [1.54, 1.807) is 7.11 Å². The molecule has 34 heavy (non-hydrogen) atoms. The fourth-order valence-corrected chi connectivity index (χ4v) is 4.12. The molecule has 1 fully saturated rings. The first kappa shape index (κ1) is 22.5. The van der Waals surface area contributed by atoms with Gasteiger partial charge in [-0.1, -0.05) is 18.2 Å². The molecule has 178 valence electrons. The Kier molecular flexibility index (Phi) is 6.03. The number of hydrogen-bond donors (Lipinski definition) is 2. The van der Waals surface area contributed by atoms with Crippen molar-refractivity contribution in [2.75, 3.05) is 24.3 Å². The van der Waals surface area contributed by atoms with Crippen LogP contribution in [0.25, 0.3) is 0 Å². The maximum Gasteiger partial charge on any atom is 0.421 e. The van der Waals surface area contributed by atoms with Gasteiger partial charge in [0.2, 0.25) is 5.95 Å². The van der Waals surface area contributed by atoms with Gasteiger partial charge in [0.1, 0.15) is 17.1 Å². The van der Waals surface area contributed by atoms with Crippen molar-refractivity contribution >= 4 is 17.5 Å². The van der Waals surface area contributed by atoms with Gasteiger partial charge in [-0.3, -0.25) is 4.90 Å². The molecule has 5 rings (SSSR count). The average Bonchev–Trinajstić information content (AvgIpc) is 3.63. The average molecular weight is 470 g/mol. The normalized spacial score (nSPS) is 16.1. The summed E-state index contributed by atoms with van der Waals surface area (Å²) < 4.78 is 45.2. The van der Waals surface area contributed by atoms with Crippen molar-refractivity contribution < 1.29 is 17.9 Å². The zero-order chi connectivity index (χ0) is 23.7. The van der Waals surface area contributed by atoms with Crippen LogP contribution < -0.4 is 15.4 Å². The Morgan fingerprint density at radius 1 is 1.09 bits per heavy atom. The molecule has 0 bridgehead atoms. The summed E-state index contributed by atoms with van der Waals surface area (Å²) >= 11 is 0. The van der Waals surface area contributed by atoms with Crippen LogP contribution in [0.4, 0.5) is 30.6 Å². The summed E-state index contributed by atoms with van der Waals surface area (Å²) in [6.07, 6.45) is -1.06. The quantitative estimate of drug-likeness (QED) is 0.485. The van der Waals surface area contributed by atoms with Crippen LogP contribution in [-0.4, -0.2) is 34.6 Å². The van der Waals surface area contributed by atoms with Gasteiger partial charge >= 0.3 is 6.18 Å². The van der Waals surface area contributed by atoms with E-state index in [1.807, 2.05) is 24.3 Å². The molecule has 2 N–H and O–H groups in total. The SMILES string of the molecule is COc1ccc(CN2CCc3cc(Nc4ncc(C(F)(F)F)c(NC5CC5)n4)ccc3C2)cc1. The molecule has 1 aromatic heterocycles. The number of halogens is 3. The molecular weight excluding hydrogens is 443 g/mol. The second kappa shape index (κ2) is 9.13. The Morgan fingerprint density at radius 2 is 1.88 bits per heavy atom. The van der Waals surface area contributed by atoms with E-state index in [1.165, 1.54) is 16.7 Å². The van der Waals surface area contributed by atoms with Crippen LogP contribution >= 0.6 is 0 Å². The number of ether oxygens (including phenoxy) is 1. The summed E-state index contributed by atoms with van der Waals surface area (Å²) in [4.78, 5) is 10.4. The number of alkyl halides is 3. The molecule has 1 aliphatic heterocycles. The van der Waals surface area contributed by atoms with Gasteiger partial charge in [-0.15, -0.1) is 0 Å². The molecular formula is C25H26F3N5O. The third-order valence-corrected chi connectivity index (χ3v) is 6.13. The fraction of sp³-hybridized carbons (Fsp3) is 0.360. The lowest BCUT2D eigenvalue weighted by Crippen LogP contribution is -2.30. The Labute approximate surface area is 196 Å². The maximum atomic E-state index is 13.3. The largest absolute Gasteiger partial charge is 0.497 e. The van der Waals surface area contributed by atoms with Gasteiger partial charge < -0.3 is 15.4 Å². The molecule has 0 unspecified atom stereocenters. The number of methoxy groups -OCH3 is 1. The van der Waals surface area contributed by atoms with E-state index in [0.717, 1.165) is 56.5 Å². The number of fused-ring (bicyclic) bond motifs is 1. The topological polar surface area (TPSA) is 62.3 Å². The van der Waals surface area contributed by atoms with Crippen LogP contribution in [0.1, 0.15) is 35.1 Å². The predicted molar refractivity (Wildman–Crippen MR) is 124 cm³/mol. The van der Waals surface area contributed by atoms with Gasteiger partial charge in [-0.2, -0.15) is 18.2 Å². The molecule has 0 atom stereocenters. The van der Waals surface area contributed by atoms with Gasteiger partial charge in [0.15, 0.2) is 0 Å². The first-order valence-electron chi connectivity index (χ1n) is 11.3. The van der Waals surface area contributed by atoms with Crippen LogP contribution in [0, 0.1) is 0 Å². The van der Waals surface area contributed by atoms with E-state index < -0.39 is 11.7 Å². The Hall–Kier alpha value is -3.33. The van der Waals surface area contributed by atoms with Crippen LogP contribution in [0.3, 0.4) is 0 Å². The lowest BCUT2D eigenvalue weighted by molar-refractivity contribution is -0.137. The molecule has 0 radical (unpaired) electrons. The lowest BCUT2D eigenvalue weighted by Gasteiger charge is -2.29. The van der Waals surface area contributed by atoms with E-state index in [0.29, 0.717) is 0 Å². The number of aromatic nitrogens is 2. The van der Waals surface area contributed by atoms with Crippen LogP contribution in [-0.2, 0) is 25.7 Å². The van der Waals surface area contributed by atoms with E-state index in [2.05, 4.69) is 43.7 Å². The highest BCUT2D eigenvalue weighted by Crippen LogP contribution is 2.36. The minimum atomic E-state index is -4.50.